The third-order valence-electron chi connectivity index (χ3n) is 4.91. The Bertz CT molecular complexity index is 874. The third-order valence-corrected chi connectivity index (χ3v) is 4.91. The average Bonchev–Trinajstić information content (AvgIpc) is 2.68. The number of benzene rings is 2. The molecule has 1 aliphatic rings. The smallest absolute Gasteiger partial charge is 0.405 e. The van der Waals surface area contributed by atoms with Crippen LogP contribution in [0.15, 0.2) is 36.4 Å². The molecule has 1 aliphatic heterocycles. The van der Waals surface area contributed by atoms with Crippen LogP contribution in [0.5, 0.6) is 17.2 Å². The number of ether oxygens (including phenoxy) is 4. The lowest BCUT2D eigenvalue weighted by Crippen LogP contribution is -2.37. The maximum absolute atomic E-state index is 11.5. The van der Waals surface area contributed by atoms with Crippen LogP contribution in [0.4, 0.5) is 4.79 Å². The Morgan fingerprint density at radius 1 is 1.24 bits per heavy atom. The Morgan fingerprint density at radius 3 is 2.52 bits per heavy atom. The summed E-state index contributed by atoms with van der Waals surface area (Å²) in [7, 11) is 1.62. The molecule has 0 saturated carbocycles. The minimum absolute atomic E-state index is 0.408. The normalized spacial score (nSPS) is 17.2. The van der Waals surface area contributed by atoms with Crippen LogP contribution in [-0.2, 0) is 4.74 Å². The van der Waals surface area contributed by atoms with Crippen molar-refractivity contribution in [1.82, 2.24) is 0 Å². The molecular formula is C23H29NO5. The van der Waals surface area contributed by atoms with Gasteiger partial charge >= 0.3 is 6.09 Å². The zero-order chi connectivity index (χ0) is 21.2. The van der Waals surface area contributed by atoms with Crippen LogP contribution in [0.2, 0.25) is 0 Å². The highest BCUT2D eigenvalue weighted by molar-refractivity contribution is 5.74. The lowest BCUT2D eigenvalue weighted by atomic mass is 9.80. The van der Waals surface area contributed by atoms with Gasteiger partial charge in [0.25, 0.3) is 0 Å². The first-order valence-corrected chi connectivity index (χ1v) is 9.75. The van der Waals surface area contributed by atoms with E-state index in [1.54, 1.807) is 7.11 Å². The summed E-state index contributed by atoms with van der Waals surface area (Å²) in [6.45, 7) is 9.25. The number of hydrogen-bond donors (Lipinski definition) is 1. The fourth-order valence-corrected chi connectivity index (χ4v) is 3.39. The van der Waals surface area contributed by atoms with Crippen molar-refractivity contribution in [1.29, 1.82) is 0 Å². The minimum atomic E-state index is -0.809. The number of rotatable bonds is 6. The molecule has 2 aromatic rings. The molecule has 0 aromatic heterocycles. The van der Waals surface area contributed by atoms with E-state index in [1.807, 2.05) is 50.2 Å². The maximum atomic E-state index is 11.5. The molecule has 3 rings (SSSR count). The summed E-state index contributed by atoms with van der Waals surface area (Å²) in [5, 5.41) is 0. The molecule has 0 spiro atoms. The minimum Gasteiger partial charge on any atom is -0.496 e. The molecule has 0 bridgehead atoms. The van der Waals surface area contributed by atoms with Gasteiger partial charge in [-0.05, 0) is 35.7 Å². The molecule has 1 amide bonds. The van der Waals surface area contributed by atoms with Gasteiger partial charge in [-0.15, -0.1) is 0 Å². The van der Waals surface area contributed by atoms with E-state index in [0.717, 1.165) is 22.4 Å². The predicted molar refractivity (Wildman–Crippen MR) is 111 cm³/mol. The first-order valence-electron chi connectivity index (χ1n) is 9.75. The molecule has 156 valence electrons. The number of fused-ring (bicyclic) bond motifs is 1. The van der Waals surface area contributed by atoms with Crippen LogP contribution in [-0.4, -0.2) is 26.4 Å². The second-order valence-electron chi connectivity index (χ2n) is 8.41. The maximum Gasteiger partial charge on any atom is 0.405 e. The van der Waals surface area contributed by atoms with Gasteiger partial charge in [0, 0.05) is 16.5 Å². The first-order chi connectivity index (χ1) is 13.7. The number of nitrogens with two attached hydrogens (primary N) is 1. The van der Waals surface area contributed by atoms with Crippen LogP contribution in [0, 0.1) is 11.3 Å². The summed E-state index contributed by atoms with van der Waals surface area (Å²) >= 11 is 0. The fraction of sp³-hybridized carbons (Fsp3) is 0.435. The summed E-state index contributed by atoms with van der Waals surface area (Å²) in [6, 6.07) is 11.7. The van der Waals surface area contributed by atoms with Crippen LogP contribution >= 0.6 is 0 Å². The third kappa shape index (κ3) is 4.58. The number of amides is 1. The summed E-state index contributed by atoms with van der Waals surface area (Å²) in [4.78, 5) is 11.5. The van der Waals surface area contributed by atoms with Crippen molar-refractivity contribution >= 4 is 6.09 Å². The zero-order valence-corrected chi connectivity index (χ0v) is 17.7. The van der Waals surface area contributed by atoms with E-state index in [4.69, 9.17) is 24.7 Å². The van der Waals surface area contributed by atoms with E-state index in [9.17, 15) is 4.79 Å². The van der Waals surface area contributed by atoms with Crippen molar-refractivity contribution in [2.75, 3.05) is 20.3 Å². The Hall–Kier alpha value is -2.89. The molecule has 1 unspecified atom stereocenters. The predicted octanol–water partition coefficient (Wildman–Crippen LogP) is 4.95. The quantitative estimate of drug-likeness (QED) is 0.743. The fourth-order valence-electron chi connectivity index (χ4n) is 3.39. The summed E-state index contributed by atoms with van der Waals surface area (Å²) in [5.74, 6) is 2.62. The van der Waals surface area contributed by atoms with Crippen molar-refractivity contribution in [3.05, 3.63) is 42.0 Å². The standard InChI is InChI=1S/C23H29NO5/c1-14(2)12-27-16-8-6-15(7-9-16)17-10-20-18(11-19(17)26-5)21(29-22(24)25)23(3,4)13-28-20/h6-11,14,21H,12-13H2,1-5H3,(H2,24,25). The summed E-state index contributed by atoms with van der Waals surface area (Å²) in [6.07, 6.45) is -1.32. The van der Waals surface area contributed by atoms with E-state index in [-0.39, 0.29) is 0 Å². The van der Waals surface area contributed by atoms with E-state index in [2.05, 4.69) is 13.8 Å². The second-order valence-corrected chi connectivity index (χ2v) is 8.41. The van der Waals surface area contributed by atoms with Gasteiger partial charge in [0.15, 0.2) is 0 Å². The lowest BCUT2D eigenvalue weighted by Gasteiger charge is -2.38. The van der Waals surface area contributed by atoms with E-state index < -0.39 is 17.6 Å². The van der Waals surface area contributed by atoms with Gasteiger partial charge in [0.2, 0.25) is 0 Å². The number of primary amides is 1. The van der Waals surface area contributed by atoms with Gasteiger partial charge in [-0.1, -0.05) is 39.8 Å². The van der Waals surface area contributed by atoms with Gasteiger partial charge in [0.05, 0.1) is 20.3 Å². The van der Waals surface area contributed by atoms with Gasteiger partial charge in [0.1, 0.15) is 23.4 Å². The second kappa shape index (κ2) is 8.23. The Balaban J connectivity index is 1.97. The van der Waals surface area contributed by atoms with Crippen LogP contribution in [0.3, 0.4) is 0 Å². The summed E-state index contributed by atoms with van der Waals surface area (Å²) < 4.78 is 22.8. The molecule has 2 N–H and O–H groups in total. The topological polar surface area (TPSA) is 80.0 Å². The van der Waals surface area contributed by atoms with Gasteiger partial charge in [-0.25, -0.2) is 4.79 Å². The van der Waals surface area contributed by atoms with E-state index >= 15 is 0 Å². The average molecular weight is 399 g/mol. The molecule has 0 saturated heterocycles. The van der Waals surface area contributed by atoms with Crippen molar-refractivity contribution < 1.29 is 23.7 Å². The Kier molecular flexibility index (Phi) is 5.91. The molecule has 0 radical (unpaired) electrons. The molecule has 1 atom stereocenters. The number of hydrogen-bond acceptors (Lipinski definition) is 5. The van der Waals surface area contributed by atoms with E-state index in [1.165, 1.54) is 0 Å². The zero-order valence-electron chi connectivity index (χ0n) is 17.7. The molecule has 1 heterocycles. The van der Waals surface area contributed by atoms with Gasteiger partial charge in [-0.3, -0.25) is 0 Å². The first kappa shape index (κ1) is 20.8. The van der Waals surface area contributed by atoms with Crippen molar-refractivity contribution in [2.45, 2.75) is 33.8 Å². The lowest BCUT2D eigenvalue weighted by molar-refractivity contribution is -0.0177. The SMILES string of the molecule is COc1cc2c(cc1-c1ccc(OCC(C)C)cc1)OCC(C)(C)C2OC(N)=O. The van der Waals surface area contributed by atoms with Crippen molar-refractivity contribution in [3.8, 4) is 28.4 Å². The van der Waals surface area contributed by atoms with Crippen molar-refractivity contribution in [2.24, 2.45) is 17.1 Å². The summed E-state index contributed by atoms with van der Waals surface area (Å²) in [5.41, 5.74) is 7.50. The van der Waals surface area contributed by atoms with Gasteiger partial charge in [-0.2, -0.15) is 0 Å². The van der Waals surface area contributed by atoms with Crippen LogP contribution in [0.25, 0.3) is 11.1 Å². The van der Waals surface area contributed by atoms with E-state index in [0.29, 0.717) is 30.6 Å². The van der Waals surface area contributed by atoms with Crippen LogP contribution in [0.1, 0.15) is 39.4 Å². The Morgan fingerprint density at radius 2 is 1.93 bits per heavy atom. The Labute approximate surface area is 171 Å². The highest BCUT2D eigenvalue weighted by Gasteiger charge is 2.41. The molecule has 2 aromatic carbocycles. The molecule has 6 nitrogen and oxygen atoms in total. The van der Waals surface area contributed by atoms with Crippen molar-refractivity contribution in [3.63, 3.8) is 0 Å². The number of methoxy groups -OCH3 is 1. The molecule has 0 fully saturated rings. The number of carbonyl (C=O) groups excluding carboxylic acids is 1. The molecule has 0 aliphatic carbocycles. The number of carbonyl (C=O) groups is 1. The highest BCUT2D eigenvalue weighted by Crippen LogP contribution is 2.48. The molecule has 29 heavy (non-hydrogen) atoms. The van der Waals surface area contributed by atoms with Crippen LogP contribution < -0.4 is 19.9 Å². The largest absolute Gasteiger partial charge is 0.496 e. The molecular weight excluding hydrogens is 370 g/mol. The monoisotopic (exact) mass is 399 g/mol. The molecule has 6 heteroatoms. The van der Waals surface area contributed by atoms with Gasteiger partial charge < -0.3 is 24.7 Å². The highest BCUT2D eigenvalue weighted by atomic mass is 16.6.